The second-order valence-electron chi connectivity index (χ2n) is 9.94. The Labute approximate surface area is 203 Å². The first-order valence-corrected chi connectivity index (χ1v) is 11.5. The molecule has 0 aliphatic carbocycles. The predicted octanol–water partition coefficient (Wildman–Crippen LogP) is 6.88. The molecule has 0 fully saturated rings. The van der Waals surface area contributed by atoms with E-state index in [0.29, 0.717) is 11.4 Å². The molecule has 2 N–H and O–H groups in total. The molecule has 34 heavy (non-hydrogen) atoms. The van der Waals surface area contributed by atoms with Crippen molar-refractivity contribution in [2.75, 3.05) is 10.6 Å². The van der Waals surface area contributed by atoms with E-state index >= 15 is 0 Å². The summed E-state index contributed by atoms with van der Waals surface area (Å²) in [5.74, 6) is -0.908. The Hall–Kier alpha value is -3.66. The van der Waals surface area contributed by atoms with Crippen molar-refractivity contribution in [3.05, 3.63) is 99.6 Å². The van der Waals surface area contributed by atoms with Crippen molar-refractivity contribution in [3.8, 4) is 0 Å². The lowest BCUT2D eigenvalue weighted by molar-refractivity contribution is -0.118. The minimum atomic E-state index is -0.454. The van der Waals surface area contributed by atoms with Gasteiger partial charge in [-0.05, 0) is 96.8 Å². The first kappa shape index (κ1) is 25.0. The SMILES string of the molecule is Cc1ccc(NC(=O)C(=Cc2ccc(C(C)(C)C)cc2)C(=O)Nc2ccc(C)c(C)c2)cc1C. The van der Waals surface area contributed by atoms with Crippen molar-refractivity contribution in [1.82, 2.24) is 0 Å². The van der Waals surface area contributed by atoms with Crippen LogP contribution in [0.4, 0.5) is 11.4 Å². The molecule has 0 unspecified atom stereocenters. The second-order valence-corrected chi connectivity index (χ2v) is 9.94. The lowest BCUT2D eigenvalue weighted by atomic mass is 9.86. The Bertz CT molecular complexity index is 1180. The van der Waals surface area contributed by atoms with Crippen LogP contribution in [-0.2, 0) is 15.0 Å². The normalized spacial score (nSPS) is 11.0. The second kappa shape index (κ2) is 10.1. The number of aryl methyl sites for hydroxylation is 4. The fraction of sp³-hybridized carbons (Fsp3) is 0.267. The van der Waals surface area contributed by atoms with E-state index < -0.39 is 11.8 Å². The van der Waals surface area contributed by atoms with Crippen LogP contribution in [0.5, 0.6) is 0 Å². The Balaban J connectivity index is 1.94. The predicted molar refractivity (Wildman–Crippen MR) is 142 cm³/mol. The summed E-state index contributed by atoms with van der Waals surface area (Å²) in [6.45, 7) is 14.5. The highest BCUT2D eigenvalue weighted by Gasteiger charge is 2.20. The molecule has 0 heterocycles. The Morgan fingerprint density at radius 1 is 0.647 bits per heavy atom. The van der Waals surface area contributed by atoms with Crippen LogP contribution in [0.25, 0.3) is 6.08 Å². The minimum absolute atomic E-state index is 0.0203. The monoisotopic (exact) mass is 454 g/mol. The van der Waals surface area contributed by atoms with Crippen molar-refractivity contribution >= 4 is 29.3 Å². The van der Waals surface area contributed by atoms with Gasteiger partial charge in [-0.2, -0.15) is 0 Å². The van der Waals surface area contributed by atoms with Crippen LogP contribution >= 0.6 is 0 Å². The van der Waals surface area contributed by atoms with E-state index in [1.165, 1.54) is 5.56 Å². The van der Waals surface area contributed by atoms with Crippen LogP contribution in [0.2, 0.25) is 0 Å². The Morgan fingerprint density at radius 3 is 1.47 bits per heavy atom. The van der Waals surface area contributed by atoms with Crippen molar-refractivity contribution in [2.24, 2.45) is 0 Å². The average molecular weight is 455 g/mol. The lowest BCUT2D eigenvalue weighted by Crippen LogP contribution is -2.25. The van der Waals surface area contributed by atoms with Crippen LogP contribution < -0.4 is 10.6 Å². The van der Waals surface area contributed by atoms with Gasteiger partial charge in [0.15, 0.2) is 0 Å². The summed E-state index contributed by atoms with van der Waals surface area (Å²) in [5.41, 5.74) is 7.76. The molecule has 0 aliphatic heterocycles. The maximum atomic E-state index is 13.3. The molecule has 3 aromatic carbocycles. The maximum absolute atomic E-state index is 13.3. The average Bonchev–Trinajstić information content (AvgIpc) is 2.76. The Morgan fingerprint density at radius 2 is 1.09 bits per heavy atom. The third kappa shape index (κ3) is 6.22. The van der Waals surface area contributed by atoms with E-state index in [-0.39, 0.29) is 11.0 Å². The van der Waals surface area contributed by atoms with Crippen LogP contribution in [0.3, 0.4) is 0 Å². The van der Waals surface area contributed by atoms with Gasteiger partial charge in [0, 0.05) is 11.4 Å². The molecule has 4 nitrogen and oxygen atoms in total. The highest BCUT2D eigenvalue weighted by atomic mass is 16.2. The number of carbonyl (C=O) groups excluding carboxylic acids is 2. The summed E-state index contributed by atoms with van der Waals surface area (Å²) < 4.78 is 0. The summed E-state index contributed by atoms with van der Waals surface area (Å²) >= 11 is 0. The van der Waals surface area contributed by atoms with Gasteiger partial charge in [-0.3, -0.25) is 9.59 Å². The zero-order valence-corrected chi connectivity index (χ0v) is 21.2. The van der Waals surface area contributed by atoms with Crippen LogP contribution in [0.1, 0.15) is 54.2 Å². The molecule has 3 aromatic rings. The number of nitrogens with one attached hydrogen (secondary N) is 2. The highest BCUT2D eigenvalue weighted by Crippen LogP contribution is 2.24. The molecule has 0 saturated carbocycles. The van der Waals surface area contributed by atoms with Gasteiger partial charge < -0.3 is 10.6 Å². The van der Waals surface area contributed by atoms with E-state index in [1.807, 2.05) is 88.4 Å². The van der Waals surface area contributed by atoms with Crippen molar-refractivity contribution in [2.45, 2.75) is 53.9 Å². The molecule has 0 spiro atoms. The van der Waals surface area contributed by atoms with Gasteiger partial charge in [0.25, 0.3) is 11.8 Å². The zero-order valence-electron chi connectivity index (χ0n) is 21.2. The minimum Gasteiger partial charge on any atom is -0.322 e. The van der Waals surface area contributed by atoms with Crippen molar-refractivity contribution < 1.29 is 9.59 Å². The van der Waals surface area contributed by atoms with Gasteiger partial charge in [0.2, 0.25) is 0 Å². The molecule has 176 valence electrons. The van der Waals surface area contributed by atoms with E-state index in [0.717, 1.165) is 27.8 Å². The number of benzene rings is 3. The van der Waals surface area contributed by atoms with Crippen LogP contribution in [0.15, 0.2) is 66.2 Å². The van der Waals surface area contributed by atoms with E-state index in [9.17, 15) is 9.59 Å². The quantitative estimate of drug-likeness (QED) is 0.251. The fourth-order valence-corrected chi connectivity index (χ4v) is 3.52. The summed E-state index contributed by atoms with van der Waals surface area (Å²) in [6.07, 6.45) is 1.64. The van der Waals surface area contributed by atoms with Gasteiger partial charge >= 0.3 is 0 Å². The molecule has 0 aromatic heterocycles. The molecule has 0 atom stereocenters. The number of hydrogen-bond donors (Lipinski definition) is 2. The molecule has 0 radical (unpaired) electrons. The van der Waals surface area contributed by atoms with Crippen molar-refractivity contribution in [1.29, 1.82) is 0 Å². The zero-order chi connectivity index (χ0) is 25.0. The van der Waals surface area contributed by atoms with Gasteiger partial charge in [0.05, 0.1) is 0 Å². The van der Waals surface area contributed by atoms with Gasteiger partial charge in [-0.25, -0.2) is 0 Å². The number of rotatable bonds is 5. The molecule has 3 rings (SSSR count). The molecule has 2 amide bonds. The topological polar surface area (TPSA) is 58.2 Å². The van der Waals surface area contributed by atoms with Crippen LogP contribution in [0, 0.1) is 27.7 Å². The smallest absolute Gasteiger partial charge is 0.261 e. The third-order valence-corrected chi connectivity index (χ3v) is 6.11. The first-order chi connectivity index (χ1) is 15.9. The molecule has 0 aliphatic rings. The third-order valence-electron chi connectivity index (χ3n) is 6.11. The molecule has 0 bridgehead atoms. The van der Waals surface area contributed by atoms with E-state index in [1.54, 1.807) is 6.08 Å². The number of amides is 2. The van der Waals surface area contributed by atoms with Gasteiger partial charge in [-0.15, -0.1) is 0 Å². The molecular formula is C30H34N2O2. The van der Waals surface area contributed by atoms with Crippen LogP contribution in [-0.4, -0.2) is 11.8 Å². The molecular weight excluding hydrogens is 420 g/mol. The highest BCUT2D eigenvalue weighted by molar-refractivity contribution is 6.28. The molecule has 4 heteroatoms. The Kier molecular flexibility index (Phi) is 7.41. The lowest BCUT2D eigenvalue weighted by Gasteiger charge is -2.19. The fourth-order valence-electron chi connectivity index (χ4n) is 3.52. The van der Waals surface area contributed by atoms with E-state index in [4.69, 9.17) is 0 Å². The summed E-state index contributed by atoms with van der Waals surface area (Å²) in [7, 11) is 0. The maximum Gasteiger partial charge on any atom is 0.261 e. The van der Waals surface area contributed by atoms with Gasteiger partial charge in [0.1, 0.15) is 5.57 Å². The number of carbonyl (C=O) groups is 2. The number of anilines is 2. The van der Waals surface area contributed by atoms with Gasteiger partial charge in [-0.1, -0.05) is 57.2 Å². The molecule has 0 saturated heterocycles. The number of hydrogen-bond acceptors (Lipinski definition) is 2. The summed E-state index contributed by atoms with van der Waals surface area (Å²) in [6, 6.07) is 19.4. The first-order valence-electron chi connectivity index (χ1n) is 11.5. The summed E-state index contributed by atoms with van der Waals surface area (Å²) in [4.78, 5) is 26.5. The van der Waals surface area contributed by atoms with Crippen molar-refractivity contribution in [3.63, 3.8) is 0 Å². The van der Waals surface area contributed by atoms with E-state index in [2.05, 4.69) is 31.4 Å². The largest absolute Gasteiger partial charge is 0.322 e. The standard InChI is InChI=1S/C30H34N2O2/c1-19-8-14-25(16-21(19)3)31-28(33)27(18-23-10-12-24(13-11-23)30(5,6)7)29(34)32-26-15-9-20(2)22(4)17-26/h8-18H,1-7H3,(H,31,33)(H,32,34). The summed E-state index contributed by atoms with van der Waals surface area (Å²) in [5, 5.41) is 5.77.